The van der Waals surface area contributed by atoms with Crippen molar-refractivity contribution < 1.29 is 64.6 Å². The van der Waals surface area contributed by atoms with Crippen LogP contribution in [0.1, 0.15) is 271 Å². The Morgan fingerprint density at radius 1 is 0.462 bits per heavy atom. The molecule has 0 aliphatic carbocycles. The molecule has 1 amide bonds. The standard InChI is InChI=1S/C64H119NO13/c1-3-5-7-9-11-13-15-17-19-21-23-24-25-26-27-28-30-32-34-36-38-40-42-44-46-48-56(69)65-52(53(68)47-45-43-41-39-37-35-33-31-29-22-20-18-16-14-12-10-8-6-4-2)51-75-63-61(74)59(72)62(55(50-67)77-63)78-64-60(73)58(71)57(70)54(49-66)76-64/h15,17,21,23,45,47,52-55,57-64,66-68,70-74H,3-14,16,18-20,22,24-44,46,48-51H2,1-2H3,(H,65,69)/b17-15-,23-21-,47-45+. The molecule has 2 heterocycles. The number of aliphatic hydroxyl groups excluding tert-OH is 8. The summed E-state index contributed by atoms with van der Waals surface area (Å²) in [6, 6.07) is -0.915. The van der Waals surface area contributed by atoms with Crippen molar-refractivity contribution in [1.29, 1.82) is 0 Å². The van der Waals surface area contributed by atoms with E-state index in [-0.39, 0.29) is 18.9 Å². The molecule has 14 nitrogen and oxygen atoms in total. The Morgan fingerprint density at radius 3 is 1.28 bits per heavy atom. The van der Waals surface area contributed by atoms with Gasteiger partial charge in [-0.3, -0.25) is 4.79 Å². The van der Waals surface area contributed by atoms with Crippen molar-refractivity contribution >= 4 is 5.91 Å². The van der Waals surface area contributed by atoms with Gasteiger partial charge in [0.15, 0.2) is 12.6 Å². The van der Waals surface area contributed by atoms with E-state index in [1.54, 1.807) is 6.08 Å². The van der Waals surface area contributed by atoms with Crippen LogP contribution in [0.25, 0.3) is 0 Å². The van der Waals surface area contributed by atoms with E-state index in [1.807, 2.05) is 6.08 Å². The third kappa shape index (κ3) is 34.6. The molecule has 458 valence electrons. The SMILES string of the molecule is CCCCCCC/C=C\C/C=C\CCCCCCCCCCCCCCCC(=O)NC(COC1OC(CO)C(OC2OC(CO)C(O)C(O)C2O)C(O)C1O)C(O)/C=C/CCCCCCCCCCCCCCCCCCC. The molecule has 0 aromatic heterocycles. The van der Waals surface area contributed by atoms with Crippen LogP contribution in [0.15, 0.2) is 36.5 Å². The summed E-state index contributed by atoms with van der Waals surface area (Å²) in [7, 11) is 0. The zero-order valence-electron chi connectivity index (χ0n) is 49.4. The van der Waals surface area contributed by atoms with E-state index < -0.39 is 86.8 Å². The molecule has 0 bridgehead atoms. The Hall–Kier alpha value is -1.79. The predicted octanol–water partition coefficient (Wildman–Crippen LogP) is 11.8. The molecule has 0 spiro atoms. The quantitative estimate of drug-likeness (QED) is 0.0204. The lowest BCUT2D eigenvalue weighted by Gasteiger charge is -2.46. The lowest BCUT2D eigenvalue weighted by molar-refractivity contribution is -0.359. The molecule has 2 saturated heterocycles. The molecule has 12 unspecified atom stereocenters. The second-order valence-corrected chi connectivity index (χ2v) is 22.9. The summed E-state index contributed by atoms with van der Waals surface area (Å²) < 4.78 is 22.8. The highest BCUT2D eigenvalue weighted by molar-refractivity contribution is 5.76. The van der Waals surface area contributed by atoms with Crippen LogP contribution >= 0.6 is 0 Å². The van der Waals surface area contributed by atoms with Crippen molar-refractivity contribution in [2.75, 3.05) is 19.8 Å². The number of ether oxygens (including phenoxy) is 4. The molecule has 2 fully saturated rings. The summed E-state index contributed by atoms with van der Waals surface area (Å²) in [6.45, 7) is 2.82. The third-order valence-electron chi connectivity index (χ3n) is 15.8. The van der Waals surface area contributed by atoms with Crippen molar-refractivity contribution in [2.45, 2.75) is 344 Å². The summed E-state index contributed by atoms with van der Waals surface area (Å²) in [5.74, 6) is -0.237. The Morgan fingerprint density at radius 2 is 0.846 bits per heavy atom. The van der Waals surface area contributed by atoms with Crippen LogP contribution in [0.3, 0.4) is 0 Å². The van der Waals surface area contributed by atoms with E-state index in [2.05, 4.69) is 43.5 Å². The first-order valence-corrected chi connectivity index (χ1v) is 32.2. The van der Waals surface area contributed by atoms with Gasteiger partial charge >= 0.3 is 0 Å². The second-order valence-electron chi connectivity index (χ2n) is 22.9. The van der Waals surface area contributed by atoms with Crippen LogP contribution in [-0.2, 0) is 23.7 Å². The van der Waals surface area contributed by atoms with Crippen LogP contribution in [0.2, 0.25) is 0 Å². The maximum atomic E-state index is 13.3. The highest BCUT2D eigenvalue weighted by Crippen LogP contribution is 2.30. The number of hydrogen-bond donors (Lipinski definition) is 9. The van der Waals surface area contributed by atoms with Crippen LogP contribution in [0.5, 0.6) is 0 Å². The van der Waals surface area contributed by atoms with Crippen molar-refractivity contribution in [3.8, 4) is 0 Å². The molecule has 12 atom stereocenters. The molecule has 2 rings (SSSR count). The van der Waals surface area contributed by atoms with Gasteiger partial charge in [-0.25, -0.2) is 0 Å². The number of amides is 1. The van der Waals surface area contributed by atoms with Crippen molar-refractivity contribution in [3.05, 3.63) is 36.5 Å². The maximum Gasteiger partial charge on any atom is 0.220 e. The highest BCUT2D eigenvalue weighted by atomic mass is 16.7. The topological polar surface area (TPSA) is 228 Å². The molecule has 9 N–H and O–H groups in total. The molecule has 0 radical (unpaired) electrons. The average molecular weight is 1110 g/mol. The van der Waals surface area contributed by atoms with Crippen LogP contribution in [-0.4, -0.2) is 140 Å². The molecule has 2 aliphatic rings. The van der Waals surface area contributed by atoms with Crippen molar-refractivity contribution in [3.63, 3.8) is 0 Å². The third-order valence-corrected chi connectivity index (χ3v) is 15.8. The molecule has 0 saturated carbocycles. The highest BCUT2D eigenvalue weighted by Gasteiger charge is 2.51. The minimum absolute atomic E-state index is 0.237. The average Bonchev–Trinajstić information content (AvgIpc) is 3.44. The van der Waals surface area contributed by atoms with Gasteiger partial charge < -0.3 is 65.1 Å². The lowest BCUT2D eigenvalue weighted by Crippen LogP contribution is -2.65. The summed E-state index contributed by atoms with van der Waals surface area (Å²) in [5, 5.41) is 87.3. The molecule has 0 aromatic carbocycles. The summed E-state index contributed by atoms with van der Waals surface area (Å²) in [5.41, 5.74) is 0. The fraction of sp³-hybridized carbons (Fsp3) is 0.891. The van der Waals surface area contributed by atoms with E-state index in [0.717, 1.165) is 44.9 Å². The first-order valence-electron chi connectivity index (χ1n) is 32.2. The second kappa shape index (κ2) is 49.8. The number of carbonyl (C=O) groups excluding carboxylic acids is 1. The Kier molecular flexibility index (Phi) is 46.2. The van der Waals surface area contributed by atoms with Gasteiger partial charge in [0, 0.05) is 6.42 Å². The number of unbranched alkanes of at least 4 members (excludes halogenated alkanes) is 35. The smallest absolute Gasteiger partial charge is 0.220 e. The molecule has 78 heavy (non-hydrogen) atoms. The minimum atomic E-state index is -1.79. The number of nitrogens with one attached hydrogen (secondary N) is 1. The van der Waals surface area contributed by atoms with Crippen LogP contribution in [0, 0.1) is 0 Å². The Bertz CT molecular complexity index is 1450. The van der Waals surface area contributed by atoms with E-state index in [4.69, 9.17) is 18.9 Å². The molecular formula is C64H119NO13. The lowest BCUT2D eigenvalue weighted by atomic mass is 9.97. The van der Waals surface area contributed by atoms with Crippen LogP contribution < -0.4 is 5.32 Å². The van der Waals surface area contributed by atoms with Gasteiger partial charge in [-0.2, -0.15) is 0 Å². The van der Waals surface area contributed by atoms with E-state index in [1.165, 1.54) is 199 Å². The van der Waals surface area contributed by atoms with Gasteiger partial charge in [-0.15, -0.1) is 0 Å². The fourth-order valence-electron chi connectivity index (χ4n) is 10.6. The van der Waals surface area contributed by atoms with Gasteiger partial charge in [0.25, 0.3) is 0 Å². The molecule has 2 aliphatic heterocycles. The summed E-state index contributed by atoms with van der Waals surface area (Å²) in [6.07, 6.45) is 44.6. The monoisotopic (exact) mass is 1110 g/mol. The fourth-order valence-corrected chi connectivity index (χ4v) is 10.6. The molecule has 0 aromatic rings. The Balaban J connectivity index is 1.72. The van der Waals surface area contributed by atoms with E-state index in [9.17, 15) is 45.6 Å². The van der Waals surface area contributed by atoms with Gasteiger partial charge in [-0.05, 0) is 51.4 Å². The Labute approximate surface area is 474 Å². The number of aliphatic hydroxyl groups is 8. The van der Waals surface area contributed by atoms with Gasteiger partial charge in [0.2, 0.25) is 5.91 Å². The van der Waals surface area contributed by atoms with Gasteiger partial charge in [-0.1, -0.05) is 249 Å². The van der Waals surface area contributed by atoms with Gasteiger partial charge in [0.1, 0.15) is 48.8 Å². The predicted molar refractivity (Wildman–Crippen MR) is 314 cm³/mol. The van der Waals surface area contributed by atoms with Crippen molar-refractivity contribution in [2.24, 2.45) is 0 Å². The van der Waals surface area contributed by atoms with E-state index in [0.29, 0.717) is 6.42 Å². The minimum Gasteiger partial charge on any atom is -0.394 e. The normalized spacial score (nSPS) is 24.7. The first kappa shape index (κ1) is 72.3. The van der Waals surface area contributed by atoms with E-state index >= 15 is 0 Å². The summed E-state index contributed by atoms with van der Waals surface area (Å²) in [4.78, 5) is 13.3. The molecule has 14 heteroatoms. The van der Waals surface area contributed by atoms with Gasteiger partial charge in [0.05, 0.1) is 32.0 Å². The number of allylic oxidation sites excluding steroid dienone is 5. The maximum absolute atomic E-state index is 13.3. The number of hydrogen-bond acceptors (Lipinski definition) is 13. The zero-order valence-corrected chi connectivity index (χ0v) is 49.4. The summed E-state index contributed by atoms with van der Waals surface area (Å²) >= 11 is 0. The zero-order chi connectivity index (χ0) is 56.7. The number of carbonyl (C=O) groups is 1. The van der Waals surface area contributed by atoms with Crippen LogP contribution in [0.4, 0.5) is 0 Å². The largest absolute Gasteiger partial charge is 0.394 e. The molecular weight excluding hydrogens is 991 g/mol. The van der Waals surface area contributed by atoms with Crippen molar-refractivity contribution in [1.82, 2.24) is 5.32 Å². The number of rotatable bonds is 52. The first-order chi connectivity index (χ1) is 38.1.